The third-order valence-electron chi connectivity index (χ3n) is 3.40. The van der Waals surface area contributed by atoms with Gasteiger partial charge in [-0.2, -0.15) is 0 Å². The number of methoxy groups -OCH3 is 2. The van der Waals surface area contributed by atoms with E-state index in [9.17, 15) is 4.79 Å². The number of carbonyl (C=O) groups excluding carboxylic acids is 1. The SMILES string of the molecule is COc1ccc(NCCC(=O)NCc2ccccc2)cc1OC. The van der Waals surface area contributed by atoms with Gasteiger partial charge in [-0.25, -0.2) is 0 Å². The van der Waals surface area contributed by atoms with Crippen LogP contribution >= 0.6 is 0 Å². The molecular formula is C18H22N2O3. The highest BCUT2D eigenvalue weighted by molar-refractivity contribution is 5.76. The van der Waals surface area contributed by atoms with Crippen molar-refractivity contribution in [2.45, 2.75) is 13.0 Å². The zero-order valence-electron chi connectivity index (χ0n) is 13.5. The van der Waals surface area contributed by atoms with Gasteiger partial charge in [-0.1, -0.05) is 30.3 Å². The number of hydrogen-bond donors (Lipinski definition) is 2. The molecule has 2 aromatic carbocycles. The first-order valence-electron chi connectivity index (χ1n) is 7.49. The van der Waals surface area contributed by atoms with E-state index in [1.807, 2.05) is 48.5 Å². The molecular weight excluding hydrogens is 292 g/mol. The summed E-state index contributed by atoms with van der Waals surface area (Å²) in [5.74, 6) is 1.35. The fraction of sp³-hybridized carbons (Fsp3) is 0.278. The van der Waals surface area contributed by atoms with E-state index < -0.39 is 0 Å². The number of benzene rings is 2. The minimum Gasteiger partial charge on any atom is -0.493 e. The number of anilines is 1. The molecule has 2 N–H and O–H groups in total. The third-order valence-corrected chi connectivity index (χ3v) is 3.40. The van der Waals surface area contributed by atoms with Gasteiger partial charge >= 0.3 is 0 Å². The monoisotopic (exact) mass is 314 g/mol. The number of carbonyl (C=O) groups is 1. The standard InChI is InChI=1S/C18H22N2O3/c1-22-16-9-8-15(12-17(16)23-2)19-11-10-18(21)20-13-14-6-4-3-5-7-14/h3-9,12,19H,10-11,13H2,1-2H3,(H,20,21). The van der Waals surface area contributed by atoms with Crippen molar-refractivity contribution in [1.82, 2.24) is 5.32 Å². The van der Waals surface area contributed by atoms with Crippen LogP contribution in [0.15, 0.2) is 48.5 Å². The number of ether oxygens (including phenoxy) is 2. The minimum absolute atomic E-state index is 0.0156. The van der Waals surface area contributed by atoms with Crippen molar-refractivity contribution in [3.8, 4) is 11.5 Å². The Morgan fingerprint density at radius 1 is 1.00 bits per heavy atom. The molecule has 0 spiro atoms. The Morgan fingerprint density at radius 2 is 1.74 bits per heavy atom. The van der Waals surface area contributed by atoms with Crippen LogP contribution < -0.4 is 20.1 Å². The van der Waals surface area contributed by atoms with E-state index in [2.05, 4.69) is 10.6 Å². The summed E-state index contributed by atoms with van der Waals surface area (Å²) in [5, 5.41) is 6.11. The van der Waals surface area contributed by atoms with Crippen molar-refractivity contribution in [2.24, 2.45) is 0 Å². The molecule has 0 saturated heterocycles. The lowest BCUT2D eigenvalue weighted by atomic mass is 10.2. The van der Waals surface area contributed by atoms with E-state index in [4.69, 9.17) is 9.47 Å². The van der Waals surface area contributed by atoms with Crippen molar-refractivity contribution in [3.05, 3.63) is 54.1 Å². The Kier molecular flexibility index (Phi) is 6.29. The van der Waals surface area contributed by atoms with Gasteiger partial charge in [0.15, 0.2) is 11.5 Å². The van der Waals surface area contributed by atoms with Crippen molar-refractivity contribution < 1.29 is 14.3 Å². The summed E-state index contributed by atoms with van der Waals surface area (Å²) < 4.78 is 10.4. The van der Waals surface area contributed by atoms with Crippen molar-refractivity contribution >= 4 is 11.6 Å². The second-order valence-electron chi connectivity index (χ2n) is 5.01. The Balaban J connectivity index is 1.75. The average Bonchev–Trinajstić information content (AvgIpc) is 2.60. The maximum absolute atomic E-state index is 11.8. The summed E-state index contributed by atoms with van der Waals surface area (Å²) in [4.78, 5) is 11.8. The summed E-state index contributed by atoms with van der Waals surface area (Å²) in [5.41, 5.74) is 1.98. The second kappa shape index (κ2) is 8.68. The molecule has 2 aromatic rings. The Morgan fingerprint density at radius 3 is 2.43 bits per heavy atom. The quantitative estimate of drug-likeness (QED) is 0.786. The van der Waals surface area contributed by atoms with Crippen LogP contribution in [0.2, 0.25) is 0 Å². The van der Waals surface area contributed by atoms with E-state index in [-0.39, 0.29) is 5.91 Å². The highest BCUT2D eigenvalue weighted by Crippen LogP contribution is 2.29. The van der Waals surface area contributed by atoms with Gasteiger partial charge in [-0.15, -0.1) is 0 Å². The molecule has 0 saturated carbocycles. The van der Waals surface area contributed by atoms with Crippen molar-refractivity contribution in [1.29, 1.82) is 0 Å². The van der Waals surface area contributed by atoms with E-state index in [1.165, 1.54) is 0 Å². The summed E-state index contributed by atoms with van der Waals surface area (Å²) in [6, 6.07) is 15.4. The summed E-state index contributed by atoms with van der Waals surface area (Å²) in [7, 11) is 3.20. The van der Waals surface area contributed by atoms with Crippen LogP contribution in [-0.4, -0.2) is 26.7 Å². The third kappa shape index (κ3) is 5.21. The molecule has 0 aliphatic heterocycles. The minimum atomic E-state index is 0.0156. The normalized spacial score (nSPS) is 10.0. The Labute approximate surface area is 136 Å². The van der Waals surface area contributed by atoms with Crippen LogP contribution in [0.5, 0.6) is 11.5 Å². The number of rotatable bonds is 8. The average molecular weight is 314 g/mol. The largest absolute Gasteiger partial charge is 0.493 e. The molecule has 0 unspecified atom stereocenters. The Hall–Kier alpha value is -2.69. The molecule has 0 heterocycles. The van der Waals surface area contributed by atoms with E-state index >= 15 is 0 Å². The number of amides is 1. The van der Waals surface area contributed by atoms with Crippen LogP contribution in [0.4, 0.5) is 5.69 Å². The molecule has 2 rings (SSSR count). The number of nitrogens with one attached hydrogen (secondary N) is 2. The number of hydrogen-bond acceptors (Lipinski definition) is 4. The van der Waals surface area contributed by atoms with Crippen LogP contribution in [0.3, 0.4) is 0 Å². The maximum Gasteiger partial charge on any atom is 0.222 e. The molecule has 0 bridgehead atoms. The molecule has 5 heteroatoms. The summed E-state index contributed by atoms with van der Waals surface area (Å²) in [6.45, 7) is 1.10. The van der Waals surface area contributed by atoms with E-state index in [0.717, 1.165) is 11.3 Å². The molecule has 122 valence electrons. The van der Waals surface area contributed by atoms with Crippen molar-refractivity contribution in [2.75, 3.05) is 26.1 Å². The molecule has 0 fully saturated rings. The predicted octanol–water partition coefficient (Wildman–Crippen LogP) is 2.82. The predicted molar refractivity (Wildman–Crippen MR) is 90.9 cm³/mol. The van der Waals surface area contributed by atoms with Crippen molar-refractivity contribution in [3.63, 3.8) is 0 Å². The topological polar surface area (TPSA) is 59.6 Å². The lowest BCUT2D eigenvalue weighted by Gasteiger charge is -2.11. The van der Waals surface area contributed by atoms with Crippen LogP contribution in [0.25, 0.3) is 0 Å². The molecule has 0 atom stereocenters. The zero-order chi connectivity index (χ0) is 16.5. The first-order chi connectivity index (χ1) is 11.2. The van der Waals surface area contributed by atoms with Gasteiger partial charge in [-0.3, -0.25) is 4.79 Å². The molecule has 5 nitrogen and oxygen atoms in total. The Bertz CT molecular complexity index is 629. The molecule has 0 aliphatic carbocycles. The second-order valence-corrected chi connectivity index (χ2v) is 5.01. The lowest BCUT2D eigenvalue weighted by molar-refractivity contribution is -0.121. The van der Waals surface area contributed by atoms with E-state index in [1.54, 1.807) is 14.2 Å². The first-order valence-corrected chi connectivity index (χ1v) is 7.49. The van der Waals surface area contributed by atoms with Crippen LogP contribution in [0, 0.1) is 0 Å². The van der Waals surface area contributed by atoms with Crippen LogP contribution in [0.1, 0.15) is 12.0 Å². The first kappa shape index (κ1) is 16.7. The fourth-order valence-corrected chi connectivity index (χ4v) is 2.15. The molecule has 0 aromatic heterocycles. The smallest absolute Gasteiger partial charge is 0.222 e. The van der Waals surface area contributed by atoms with Gasteiger partial charge in [0.2, 0.25) is 5.91 Å². The highest BCUT2D eigenvalue weighted by Gasteiger charge is 2.05. The lowest BCUT2D eigenvalue weighted by Crippen LogP contribution is -2.24. The zero-order valence-corrected chi connectivity index (χ0v) is 13.5. The molecule has 0 radical (unpaired) electrons. The van der Waals surface area contributed by atoms with Gasteiger partial charge in [0, 0.05) is 31.3 Å². The maximum atomic E-state index is 11.8. The molecule has 23 heavy (non-hydrogen) atoms. The van der Waals surface area contributed by atoms with Gasteiger partial charge in [0.05, 0.1) is 14.2 Å². The van der Waals surface area contributed by atoms with Gasteiger partial charge in [0.1, 0.15) is 0 Å². The molecule has 1 amide bonds. The van der Waals surface area contributed by atoms with Crippen LogP contribution in [-0.2, 0) is 11.3 Å². The summed E-state index contributed by atoms with van der Waals surface area (Å²) >= 11 is 0. The van der Waals surface area contributed by atoms with Gasteiger partial charge in [0.25, 0.3) is 0 Å². The molecule has 0 aliphatic rings. The summed E-state index contributed by atoms with van der Waals surface area (Å²) in [6.07, 6.45) is 0.404. The highest BCUT2D eigenvalue weighted by atomic mass is 16.5. The fourth-order valence-electron chi connectivity index (χ4n) is 2.15. The van der Waals surface area contributed by atoms with Gasteiger partial charge < -0.3 is 20.1 Å². The van der Waals surface area contributed by atoms with E-state index in [0.29, 0.717) is 31.0 Å². The van der Waals surface area contributed by atoms with Gasteiger partial charge in [-0.05, 0) is 17.7 Å².